The van der Waals surface area contributed by atoms with Crippen LogP contribution in [0.25, 0.3) is 0 Å². The largest absolute Gasteiger partial charge is 0.294 e. The average Bonchev–Trinajstić information content (AvgIpc) is 3.02. The summed E-state index contributed by atoms with van der Waals surface area (Å²) in [7, 11) is 0. The van der Waals surface area contributed by atoms with Crippen LogP contribution in [-0.4, -0.2) is 10.8 Å². The summed E-state index contributed by atoms with van der Waals surface area (Å²) in [6, 6.07) is 10.6. The molecular weight excluding hydrogens is 302 g/mol. The lowest BCUT2D eigenvalue weighted by Crippen LogP contribution is -2.40. The van der Waals surface area contributed by atoms with E-state index in [1.54, 1.807) is 11.3 Å². The minimum atomic E-state index is -0.289. The Morgan fingerprint density at radius 3 is 2.78 bits per heavy atom. The summed E-state index contributed by atoms with van der Waals surface area (Å²) >= 11 is 1.71. The van der Waals surface area contributed by atoms with Gasteiger partial charge < -0.3 is 0 Å². The lowest BCUT2D eigenvalue weighted by Gasteiger charge is -2.42. The van der Waals surface area contributed by atoms with Crippen molar-refractivity contribution in [3.8, 4) is 0 Å². The van der Waals surface area contributed by atoms with Crippen LogP contribution >= 0.6 is 11.3 Å². The van der Waals surface area contributed by atoms with Gasteiger partial charge in [-0.15, -0.1) is 11.3 Å². The van der Waals surface area contributed by atoms with Crippen molar-refractivity contribution in [3.63, 3.8) is 0 Å². The average molecular weight is 323 g/mol. The number of carbonyl (C=O) groups excluding carboxylic acids is 1. The molecule has 0 saturated carbocycles. The van der Waals surface area contributed by atoms with Gasteiger partial charge in [0, 0.05) is 23.3 Å². The summed E-state index contributed by atoms with van der Waals surface area (Å²) in [6.45, 7) is 4.39. The molecule has 4 rings (SSSR count). The van der Waals surface area contributed by atoms with Crippen LogP contribution < -0.4 is 0 Å². The van der Waals surface area contributed by atoms with Crippen LogP contribution in [0.4, 0.5) is 0 Å². The molecule has 2 aromatic rings. The lowest BCUT2D eigenvalue weighted by molar-refractivity contribution is -0.117. The molecule has 1 aromatic heterocycles. The normalized spacial score (nSPS) is 26.9. The molecule has 0 N–H and O–H groups in total. The summed E-state index contributed by atoms with van der Waals surface area (Å²) in [5.74, 6) is 0.801. The molecule has 2 aliphatic rings. The summed E-state index contributed by atoms with van der Waals surface area (Å²) in [5.41, 5.74) is 6.50. The van der Waals surface area contributed by atoms with Crippen LogP contribution in [0, 0.1) is 5.92 Å². The number of nitrogens with zero attached hydrogens (tertiary/aromatic N) is 1. The summed E-state index contributed by atoms with van der Waals surface area (Å²) in [4.78, 5) is 19.0. The van der Waals surface area contributed by atoms with Crippen molar-refractivity contribution < 1.29 is 4.79 Å². The van der Waals surface area contributed by atoms with E-state index in [0.717, 1.165) is 24.8 Å². The first-order chi connectivity index (χ1) is 11.2. The number of carbonyl (C=O) groups is 1. The van der Waals surface area contributed by atoms with Gasteiger partial charge in [0.2, 0.25) is 0 Å². The number of allylic oxidation sites excluding steroid dienone is 2. The third kappa shape index (κ3) is 2.06. The molecule has 3 heteroatoms. The van der Waals surface area contributed by atoms with Gasteiger partial charge in [0.25, 0.3) is 0 Å². The molecule has 0 radical (unpaired) electrons. The van der Waals surface area contributed by atoms with E-state index in [1.165, 1.54) is 21.7 Å². The Morgan fingerprint density at radius 1 is 1.26 bits per heavy atom. The predicted octanol–water partition coefficient (Wildman–Crippen LogP) is 4.69. The molecule has 0 bridgehead atoms. The van der Waals surface area contributed by atoms with Crippen molar-refractivity contribution in [1.82, 2.24) is 4.98 Å². The SMILES string of the molecule is CC[C@]1(c2ccccc2)C2=C(Cc3ncsc31)C[C@H](C)CC2=O. The fourth-order valence-electron chi connectivity index (χ4n) is 4.51. The lowest BCUT2D eigenvalue weighted by atomic mass is 9.61. The van der Waals surface area contributed by atoms with E-state index in [1.807, 2.05) is 11.6 Å². The Kier molecular flexibility index (Phi) is 3.49. The van der Waals surface area contributed by atoms with Gasteiger partial charge in [-0.1, -0.05) is 49.8 Å². The van der Waals surface area contributed by atoms with Crippen LogP contribution in [0.1, 0.15) is 49.2 Å². The number of Topliss-reactive ketones (excluding diaryl/α,β-unsaturated/α-hetero) is 1. The Labute approximate surface area is 141 Å². The number of ketones is 1. The van der Waals surface area contributed by atoms with Gasteiger partial charge in [0.05, 0.1) is 16.6 Å². The minimum absolute atomic E-state index is 0.289. The molecule has 118 valence electrons. The Balaban J connectivity index is 2.03. The number of thiazole rings is 1. The van der Waals surface area contributed by atoms with E-state index in [4.69, 9.17) is 0 Å². The second-order valence-electron chi connectivity index (χ2n) is 6.85. The van der Waals surface area contributed by atoms with Gasteiger partial charge >= 0.3 is 0 Å². The fourth-order valence-corrected chi connectivity index (χ4v) is 5.62. The third-order valence-electron chi connectivity index (χ3n) is 5.39. The molecule has 0 spiro atoms. The van der Waals surface area contributed by atoms with Crippen molar-refractivity contribution in [2.24, 2.45) is 5.92 Å². The Bertz CT molecular complexity index is 789. The van der Waals surface area contributed by atoms with E-state index >= 15 is 0 Å². The molecule has 0 unspecified atom stereocenters. The van der Waals surface area contributed by atoms with E-state index in [9.17, 15) is 4.79 Å². The minimum Gasteiger partial charge on any atom is -0.294 e. The number of fused-ring (bicyclic) bond motifs is 1. The number of rotatable bonds is 2. The zero-order valence-electron chi connectivity index (χ0n) is 13.6. The zero-order chi connectivity index (χ0) is 16.0. The molecule has 1 heterocycles. The van der Waals surface area contributed by atoms with Crippen molar-refractivity contribution in [3.05, 3.63) is 63.1 Å². The molecule has 2 nitrogen and oxygen atoms in total. The smallest absolute Gasteiger partial charge is 0.160 e. The second kappa shape index (κ2) is 5.41. The maximum Gasteiger partial charge on any atom is 0.160 e. The number of aromatic nitrogens is 1. The number of benzene rings is 1. The third-order valence-corrected chi connectivity index (χ3v) is 6.43. The van der Waals surface area contributed by atoms with Crippen LogP contribution in [0.5, 0.6) is 0 Å². The molecule has 1 aromatic carbocycles. The van der Waals surface area contributed by atoms with Gasteiger partial charge in [0.1, 0.15) is 0 Å². The quantitative estimate of drug-likeness (QED) is 0.802. The molecule has 0 fully saturated rings. The van der Waals surface area contributed by atoms with Gasteiger partial charge in [-0.2, -0.15) is 0 Å². The van der Waals surface area contributed by atoms with E-state index < -0.39 is 0 Å². The molecule has 2 aliphatic carbocycles. The Hall–Kier alpha value is -1.74. The highest BCUT2D eigenvalue weighted by Crippen LogP contribution is 2.52. The maximum absolute atomic E-state index is 13.0. The van der Waals surface area contributed by atoms with Gasteiger partial charge in [-0.25, -0.2) is 4.98 Å². The van der Waals surface area contributed by atoms with Crippen LogP contribution in [0.3, 0.4) is 0 Å². The fraction of sp³-hybridized carbons (Fsp3) is 0.400. The van der Waals surface area contributed by atoms with Gasteiger partial charge in [-0.3, -0.25) is 4.79 Å². The highest BCUT2D eigenvalue weighted by Gasteiger charge is 2.48. The first kappa shape index (κ1) is 14.8. The molecule has 2 atom stereocenters. The molecule has 0 saturated heterocycles. The summed E-state index contributed by atoms with van der Waals surface area (Å²) in [5, 5.41) is 0. The van der Waals surface area contributed by atoms with E-state index in [2.05, 4.69) is 43.1 Å². The van der Waals surface area contributed by atoms with Crippen molar-refractivity contribution in [2.75, 3.05) is 0 Å². The molecule has 0 amide bonds. The number of hydrogen-bond acceptors (Lipinski definition) is 3. The van der Waals surface area contributed by atoms with Crippen molar-refractivity contribution in [1.29, 1.82) is 0 Å². The van der Waals surface area contributed by atoms with Crippen molar-refractivity contribution >= 4 is 17.1 Å². The first-order valence-corrected chi connectivity index (χ1v) is 9.28. The molecule has 0 aliphatic heterocycles. The molecule has 23 heavy (non-hydrogen) atoms. The van der Waals surface area contributed by atoms with Gasteiger partial charge in [0.15, 0.2) is 5.78 Å². The summed E-state index contributed by atoms with van der Waals surface area (Å²) in [6.07, 6.45) is 3.48. The topological polar surface area (TPSA) is 30.0 Å². The van der Waals surface area contributed by atoms with Crippen LogP contribution in [0.2, 0.25) is 0 Å². The van der Waals surface area contributed by atoms with Crippen LogP contribution in [0.15, 0.2) is 47.0 Å². The Morgan fingerprint density at radius 2 is 2.04 bits per heavy atom. The van der Waals surface area contributed by atoms with Crippen molar-refractivity contribution in [2.45, 2.75) is 44.9 Å². The molecular formula is C20H21NOS. The second-order valence-corrected chi connectivity index (χ2v) is 7.70. The predicted molar refractivity (Wildman–Crippen MR) is 93.8 cm³/mol. The van der Waals surface area contributed by atoms with E-state index in [0.29, 0.717) is 18.1 Å². The zero-order valence-corrected chi connectivity index (χ0v) is 14.5. The maximum atomic E-state index is 13.0. The first-order valence-electron chi connectivity index (χ1n) is 8.41. The highest BCUT2D eigenvalue weighted by atomic mass is 32.1. The summed E-state index contributed by atoms with van der Waals surface area (Å²) < 4.78 is 0. The number of hydrogen-bond donors (Lipinski definition) is 0. The monoisotopic (exact) mass is 323 g/mol. The highest BCUT2D eigenvalue weighted by molar-refractivity contribution is 7.10. The van der Waals surface area contributed by atoms with Crippen LogP contribution in [-0.2, 0) is 16.6 Å². The standard InChI is InChI=1S/C20H21NOS/c1-3-20(15-7-5-4-6-8-15)18-14(9-13(2)10-17(18)22)11-16-19(20)23-12-21-16/h4-8,12-13H,3,9-11H2,1-2H3/t13-,20-/m0/s1. The van der Waals surface area contributed by atoms with E-state index in [-0.39, 0.29) is 5.41 Å². The van der Waals surface area contributed by atoms with Gasteiger partial charge in [-0.05, 0) is 24.3 Å².